The minimum absolute atomic E-state index is 1.12. The van der Waals surface area contributed by atoms with Crippen molar-refractivity contribution >= 4 is 69.2 Å². The molecule has 39 heavy (non-hydrogen) atoms. The molecule has 0 amide bonds. The van der Waals surface area contributed by atoms with Crippen LogP contribution in [0.1, 0.15) is 0 Å². The lowest BCUT2D eigenvalue weighted by Gasteiger charge is -2.13. The van der Waals surface area contributed by atoms with Gasteiger partial charge in [-0.25, -0.2) is 0 Å². The summed E-state index contributed by atoms with van der Waals surface area (Å²) >= 11 is 5.72. The van der Waals surface area contributed by atoms with Gasteiger partial charge in [-0.1, -0.05) is 119 Å². The fraction of sp³-hybridized carbons (Fsp3) is 0. The molecule has 3 heteroatoms. The zero-order chi connectivity index (χ0) is 25.9. The maximum absolute atomic E-state index is 3.84. The number of aromatic nitrogens is 1. The summed E-state index contributed by atoms with van der Waals surface area (Å²) in [6, 6.07) is 48.2. The lowest BCUT2D eigenvalue weighted by Crippen LogP contribution is -1.95. The number of benzene rings is 6. The first-order valence-corrected chi connectivity index (χ1v) is 14.7. The van der Waals surface area contributed by atoms with Crippen LogP contribution in [-0.2, 0) is 0 Å². The summed E-state index contributed by atoms with van der Waals surface area (Å²) < 4.78 is 6.18. The van der Waals surface area contributed by atoms with Crippen LogP contribution in [0.2, 0.25) is 0 Å². The predicted octanol–water partition coefficient (Wildman–Crippen LogP) is 11.2. The molecule has 2 aromatic heterocycles. The van der Waals surface area contributed by atoms with E-state index < -0.39 is 0 Å². The molecule has 0 saturated carbocycles. The summed E-state index contributed by atoms with van der Waals surface area (Å²) in [6.07, 6.45) is 0. The monoisotopic (exact) mass is 579 g/mol. The van der Waals surface area contributed by atoms with Gasteiger partial charge in [0.1, 0.15) is 0 Å². The molecule has 8 aromatic rings. The van der Waals surface area contributed by atoms with Gasteiger partial charge in [0.15, 0.2) is 0 Å². The molecule has 2 heterocycles. The second-order valence-electron chi connectivity index (χ2n) is 9.86. The predicted molar refractivity (Wildman–Crippen MR) is 172 cm³/mol. The first-order chi connectivity index (χ1) is 19.3. The Bertz CT molecular complexity index is 2170. The fourth-order valence-electron chi connectivity index (χ4n) is 5.94. The Morgan fingerprint density at radius 1 is 0.487 bits per heavy atom. The summed E-state index contributed by atoms with van der Waals surface area (Å²) in [5, 5.41) is 5.14. The van der Waals surface area contributed by atoms with Gasteiger partial charge in [0, 0.05) is 30.7 Å². The molecule has 6 aromatic carbocycles. The van der Waals surface area contributed by atoms with E-state index in [-0.39, 0.29) is 0 Å². The number of rotatable bonds is 3. The molecule has 0 saturated heterocycles. The molecule has 0 fully saturated rings. The van der Waals surface area contributed by atoms with Crippen LogP contribution in [0.15, 0.2) is 138 Å². The third-order valence-corrected chi connectivity index (χ3v) is 9.55. The van der Waals surface area contributed by atoms with Gasteiger partial charge in [-0.2, -0.15) is 0 Å². The second kappa shape index (κ2) is 8.94. The van der Waals surface area contributed by atoms with E-state index in [0.717, 1.165) is 4.47 Å². The lowest BCUT2D eigenvalue weighted by molar-refractivity contribution is 1.20. The molecule has 8 rings (SSSR count). The van der Waals surface area contributed by atoms with E-state index >= 15 is 0 Å². The normalized spacial score (nSPS) is 11.7. The summed E-state index contributed by atoms with van der Waals surface area (Å²) in [5.41, 5.74) is 8.64. The molecule has 184 valence electrons. The van der Waals surface area contributed by atoms with Crippen LogP contribution in [0.4, 0.5) is 0 Å². The lowest BCUT2D eigenvalue weighted by atomic mass is 9.96. The molecule has 0 aliphatic heterocycles. The van der Waals surface area contributed by atoms with Crippen molar-refractivity contribution in [1.82, 2.24) is 4.57 Å². The van der Waals surface area contributed by atoms with E-state index in [1.807, 2.05) is 11.3 Å². The molecular formula is C36H22BrNS. The average molecular weight is 581 g/mol. The van der Waals surface area contributed by atoms with Crippen molar-refractivity contribution in [2.24, 2.45) is 0 Å². The van der Waals surface area contributed by atoms with Crippen LogP contribution >= 0.6 is 27.3 Å². The van der Waals surface area contributed by atoms with Gasteiger partial charge in [-0.15, -0.1) is 11.3 Å². The van der Waals surface area contributed by atoms with Crippen molar-refractivity contribution in [2.75, 3.05) is 0 Å². The number of para-hydroxylation sites is 1. The van der Waals surface area contributed by atoms with E-state index in [1.165, 1.54) is 69.9 Å². The number of halogens is 1. The molecule has 0 radical (unpaired) electrons. The van der Waals surface area contributed by atoms with Crippen molar-refractivity contribution in [2.45, 2.75) is 0 Å². The number of nitrogens with zero attached hydrogens (tertiary/aromatic N) is 1. The minimum Gasteiger partial charge on any atom is -0.308 e. The quantitative estimate of drug-likeness (QED) is 0.196. The van der Waals surface area contributed by atoms with Crippen LogP contribution in [-0.4, -0.2) is 4.57 Å². The number of hydrogen-bond donors (Lipinski definition) is 0. The van der Waals surface area contributed by atoms with E-state index in [0.29, 0.717) is 0 Å². The Morgan fingerprint density at radius 3 is 2.00 bits per heavy atom. The van der Waals surface area contributed by atoms with Gasteiger partial charge in [0.25, 0.3) is 0 Å². The molecule has 1 nitrogen and oxygen atoms in total. The zero-order valence-corrected chi connectivity index (χ0v) is 23.3. The Balaban J connectivity index is 1.42. The Hall–Kier alpha value is -4.18. The van der Waals surface area contributed by atoms with Crippen LogP contribution < -0.4 is 0 Å². The maximum atomic E-state index is 3.84. The van der Waals surface area contributed by atoms with Crippen LogP contribution in [0, 0.1) is 0 Å². The molecule has 0 unspecified atom stereocenters. The zero-order valence-electron chi connectivity index (χ0n) is 20.9. The maximum Gasteiger partial charge on any atom is 0.0641 e. The standard InChI is InChI=1S/C36H22BrNS/c37-29-13-8-15-31-35(29)27-11-4-6-14-30(27)38(31)32-22-21-26(34-28-12-5-7-16-33(28)39-36(32)34)25-19-17-24(18-20-25)23-9-2-1-3-10-23/h1-22H. The third kappa shape index (κ3) is 3.51. The highest BCUT2D eigenvalue weighted by Gasteiger charge is 2.19. The molecule has 0 aliphatic carbocycles. The Morgan fingerprint density at radius 2 is 1.15 bits per heavy atom. The number of fused-ring (bicyclic) bond motifs is 6. The van der Waals surface area contributed by atoms with Crippen LogP contribution in [0.25, 0.3) is 69.9 Å². The highest BCUT2D eigenvalue weighted by Crippen LogP contribution is 2.45. The van der Waals surface area contributed by atoms with Gasteiger partial charge < -0.3 is 4.57 Å². The van der Waals surface area contributed by atoms with Gasteiger partial charge in [-0.05, 0) is 52.6 Å². The van der Waals surface area contributed by atoms with Crippen LogP contribution in [0.5, 0.6) is 0 Å². The SMILES string of the molecule is Brc1cccc2c1c1ccccc1n2-c1ccc(-c2ccc(-c3ccccc3)cc2)c2c1sc1ccccc12. The molecule has 0 atom stereocenters. The van der Waals surface area contributed by atoms with Gasteiger partial charge in [-0.3, -0.25) is 0 Å². The smallest absolute Gasteiger partial charge is 0.0641 e. The van der Waals surface area contributed by atoms with Gasteiger partial charge in [0.05, 0.1) is 21.4 Å². The molecule has 0 bridgehead atoms. The van der Waals surface area contributed by atoms with E-state index in [2.05, 4.69) is 154 Å². The molecule has 0 spiro atoms. The topological polar surface area (TPSA) is 4.93 Å². The number of hydrogen-bond acceptors (Lipinski definition) is 1. The van der Waals surface area contributed by atoms with E-state index in [4.69, 9.17) is 0 Å². The Labute approximate surface area is 238 Å². The summed E-state index contributed by atoms with van der Waals surface area (Å²) in [7, 11) is 0. The van der Waals surface area contributed by atoms with Crippen molar-refractivity contribution in [3.63, 3.8) is 0 Å². The average Bonchev–Trinajstić information content (AvgIpc) is 3.55. The van der Waals surface area contributed by atoms with E-state index in [9.17, 15) is 0 Å². The number of thiophene rings is 1. The van der Waals surface area contributed by atoms with E-state index in [1.54, 1.807) is 0 Å². The van der Waals surface area contributed by atoms with Crippen molar-refractivity contribution < 1.29 is 0 Å². The van der Waals surface area contributed by atoms with Gasteiger partial charge >= 0.3 is 0 Å². The third-order valence-electron chi connectivity index (χ3n) is 7.70. The van der Waals surface area contributed by atoms with Gasteiger partial charge in [0.2, 0.25) is 0 Å². The van der Waals surface area contributed by atoms with Crippen molar-refractivity contribution in [3.05, 3.63) is 138 Å². The molecule has 0 N–H and O–H groups in total. The van der Waals surface area contributed by atoms with Crippen molar-refractivity contribution in [3.8, 4) is 27.9 Å². The Kier molecular flexibility index (Phi) is 5.22. The molecular weight excluding hydrogens is 558 g/mol. The highest BCUT2D eigenvalue weighted by atomic mass is 79.9. The van der Waals surface area contributed by atoms with Crippen LogP contribution in [0.3, 0.4) is 0 Å². The summed E-state index contributed by atoms with van der Waals surface area (Å²) in [6.45, 7) is 0. The minimum atomic E-state index is 1.12. The van der Waals surface area contributed by atoms with Crippen molar-refractivity contribution in [1.29, 1.82) is 0 Å². The molecule has 0 aliphatic rings. The first-order valence-electron chi connectivity index (χ1n) is 13.1. The summed E-state index contributed by atoms with van der Waals surface area (Å²) in [4.78, 5) is 0. The second-order valence-corrected chi connectivity index (χ2v) is 11.8. The summed E-state index contributed by atoms with van der Waals surface area (Å²) in [5.74, 6) is 0. The fourth-order valence-corrected chi connectivity index (χ4v) is 7.74. The first kappa shape index (κ1) is 22.8. The largest absolute Gasteiger partial charge is 0.308 e. The highest BCUT2D eigenvalue weighted by molar-refractivity contribution is 9.10.